The first-order valence-electron chi connectivity index (χ1n) is 11.2. The Morgan fingerprint density at radius 2 is 1.94 bits per heavy atom. The average molecular weight is 471 g/mol. The van der Waals surface area contributed by atoms with Crippen molar-refractivity contribution in [3.05, 3.63) is 65.0 Å². The van der Waals surface area contributed by atoms with Crippen molar-refractivity contribution >= 4 is 23.2 Å². The third-order valence-corrected chi connectivity index (χ3v) is 6.46. The molecule has 2 heterocycles. The Bertz CT molecular complexity index is 1210. The zero-order valence-electron chi connectivity index (χ0n) is 18.8. The maximum atomic E-state index is 14.2. The number of carbonyl (C=O) groups is 2. The number of hydrogen-bond acceptors (Lipinski definition) is 3. The molecule has 5 rings (SSSR count). The van der Waals surface area contributed by atoms with E-state index in [0.717, 1.165) is 23.6 Å². The minimum Gasteiger partial charge on any atom is -0.488 e. The number of carbonyl (C=O) groups excluding carboxylic acids is 2. The molecule has 2 aromatic rings. The van der Waals surface area contributed by atoms with E-state index in [1.807, 2.05) is 13.8 Å². The van der Waals surface area contributed by atoms with Crippen molar-refractivity contribution in [2.75, 3.05) is 18.4 Å². The number of urea groups is 1. The molecule has 178 valence electrons. The van der Waals surface area contributed by atoms with Crippen molar-refractivity contribution in [1.29, 1.82) is 0 Å². The number of amides is 3. The highest BCUT2D eigenvalue weighted by molar-refractivity contribution is 5.95. The monoisotopic (exact) mass is 471 g/mol. The fourth-order valence-electron chi connectivity index (χ4n) is 4.94. The first-order chi connectivity index (χ1) is 16.2. The van der Waals surface area contributed by atoms with Crippen molar-refractivity contribution in [2.24, 2.45) is 5.92 Å². The molecule has 0 aromatic heterocycles. The van der Waals surface area contributed by atoms with Crippen LogP contribution in [0.4, 0.5) is 23.7 Å². The van der Waals surface area contributed by atoms with Gasteiger partial charge in [-0.25, -0.2) is 18.0 Å². The van der Waals surface area contributed by atoms with Gasteiger partial charge in [-0.15, -0.1) is 0 Å². The minimum absolute atomic E-state index is 0.0138. The molecule has 9 heteroatoms. The zero-order chi connectivity index (χ0) is 24.1. The fourth-order valence-corrected chi connectivity index (χ4v) is 4.94. The van der Waals surface area contributed by atoms with E-state index in [0.29, 0.717) is 6.54 Å². The molecule has 0 unspecified atom stereocenters. The lowest BCUT2D eigenvalue weighted by Crippen LogP contribution is -2.48. The summed E-state index contributed by atoms with van der Waals surface area (Å²) in [4.78, 5) is 28.5. The fraction of sp³-hybridized carbons (Fsp3) is 0.360. The van der Waals surface area contributed by atoms with Crippen LogP contribution in [0.15, 0.2) is 36.4 Å². The molecule has 3 aliphatic rings. The van der Waals surface area contributed by atoms with E-state index >= 15 is 0 Å². The second kappa shape index (κ2) is 8.38. The maximum absolute atomic E-state index is 14.2. The van der Waals surface area contributed by atoms with E-state index in [-0.39, 0.29) is 54.1 Å². The molecule has 2 aliphatic heterocycles. The second-order valence-corrected chi connectivity index (χ2v) is 9.17. The van der Waals surface area contributed by atoms with Gasteiger partial charge in [0.25, 0.3) is 0 Å². The third kappa shape index (κ3) is 3.89. The predicted molar refractivity (Wildman–Crippen MR) is 120 cm³/mol. The molecule has 2 aromatic carbocycles. The standard InChI is InChI=1S/C25H24F3N3O3/c1-13(2)34-22-9-15(3-4-18(22)26)16-7-14-8-21(16)31(10-14)23(32)12-30-11-17-20(29-25(30)33)6-5-19(27)24(17)28/h3-7,9,13-14,21H,8,10-12H2,1-2H3,(H,29,33)/t14-,21-/m1/s1. The molecule has 0 spiro atoms. The molecule has 1 aliphatic carbocycles. The second-order valence-electron chi connectivity index (χ2n) is 9.17. The summed E-state index contributed by atoms with van der Waals surface area (Å²) in [6.45, 7) is 3.69. The van der Waals surface area contributed by atoms with Crippen LogP contribution < -0.4 is 10.1 Å². The van der Waals surface area contributed by atoms with E-state index in [1.54, 1.807) is 17.0 Å². The van der Waals surface area contributed by atoms with Gasteiger partial charge >= 0.3 is 6.03 Å². The highest BCUT2D eigenvalue weighted by Crippen LogP contribution is 2.43. The van der Waals surface area contributed by atoms with E-state index in [1.165, 1.54) is 17.0 Å². The van der Waals surface area contributed by atoms with Crippen LogP contribution >= 0.6 is 0 Å². The van der Waals surface area contributed by atoms with Crippen LogP contribution in [-0.4, -0.2) is 47.0 Å². The Labute approximate surface area is 195 Å². The Hall–Kier alpha value is -3.49. The molecule has 2 bridgehead atoms. The van der Waals surface area contributed by atoms with Gasteiger partial charge in [-0.3, -0.25) is 4.79 Å². The van der Waals surface area contributed by atoms with Crippen molar-refractivity contribution in [3.8, 4) is 5.75 Å². The summed E-state index contributed by atoms with van der Waals surface area (Å²) in [5.74, 6) is -2.45. The number of rotatable bonds is 5. The Kier molecular flexibility index (Phi) is 5.50. The topological polar surface area (TPSA) is 61.9 Å². The van der Waals surface area contributed by atoms with Crippen LogP contribution in [-0.2, 0) is 11.3 Å². The van der Waals surface area contributed by atoms with Gasteiger partial charge in [-0.05, 0) is 61.6 Å². The number of fused-ring (bicyclic) bond motifs is 3. The largest absolute Gasteiger partial charge is 0.488 e. The molecule has 3 amide bonds. The number of likely N-dealkylation sites (tertiary alicyclic amines) is 1. The number of benzene rings is 2. The number of anilines is 1. The highest BCUT2D eigenvalue weighted by Gasteiger charge is 2.43. The molecular weight excluding hydrogens is 447 g/mol. The van der Waals surface area contributed by atoms with Gasteiger partial charge in [0.15, 0.2) is 23.2 Å². The lowest BCUT2D eigenvalue weighted by Gasteiger charge is -2.33. The van der Waals surface area contributed by atoms with Crippen molar-refractivity contribution < 1.29 is 27.5 Å². The van der Waals surface area contributed by atoms with Crippen LogP contribution in [0.1, 0.15) is 31.4 Å². The molecule has 1 N–H and O–H groups in total. The first-order valence-corrected chi connectivity index (χ1v) is 11.2. The van der Waals surface area contributed by atoms with Crippen LogP contribution in [0.3, 0.4) is 0 Å². The summed E-state index contributed by atoms with van der Waals surface area (Å²) >= 11 is 0. The zero-order valence-corrected chi connectivity index (χ0v) is 18.8. The van der Waals surface area contributed by atoms with Gasteiger partial charge in [0, 0.05) is 12.1 Å². The molecule has 1 saturated heterocycles. The highest BCUT2D eigenvalue weighted by atomic mass is 19.2. The first kappa shape index (κ1) is 22.3. The lowest BCUT2D eigenvalue weighted by atomic mass is 9.99. The normalized spacial score (nSPS) is 21.0. The summed E-state index contributed by atoms with van der Waals surface area (Å²) < 4.78 is 47.6. The smallest absolute Gasteiger partial charge is 0.322 e. The van der Waals surface area contributed by atoms with Gasteiger partial charge < -0.3 is 19.9 Å². The van der Waals surface area contributed by atoms with E-state index < -0.39 is 23.5 Å². The van der Waals surface area contributed by atoms with Gasteiger partial charge in [0.05, 0.1) is 24.4 Å². The van der Waals surface area contributed by atoms with Crippen molar-refractivity contribution in [1.82, 2.24) is 9.80 Å². The van der Waals surface area contributed by atoms with Crippen LogP contribution in [0.5, 0.6) is 5.75 Å². The molecular formula is C25H24F3N3O3. The van der Waals surface area contributed by atoms with Crippen LogP contribution in [0.2, 0.25) is 0 Å². The Morgan fingerprint density at radius 3 is 2.68 bits per heavy atom. The predicted octanol–water partition coefficient (Wildman–Crippen LogP) is 4.55. The van der Waals surface area contributed by atoms with Gasteiger partial charge in [0.2, 0.25) is 5.91 Å². The number of nitrogens with zero attached hydrogens (tertiary/aromatic N) is 2. The summed E-state index contributed by atoms with van der Waals surface area (Å²) in [7, 11) is 0. The molecule has 0 saturated carbocycles. The number of ether oxygens (including phenoxy) is 1. The third-order valence-electron chi connectivity index (χ3n) is 6.46. The van der Waals surface area contributed by atoms with Gasteiger partial charge in [-0.1, -0.05) is 12.1 Å². The summed E-state index contributed by atoms with van der Waals surface area (Å²) in [6, 6.07) is 6.19. The average Bonchev–Trinajstić information content (AvgIpc) is 3.40. The molecule has 1 fully saturated rings. The molecule has 34 heavy (non-hydrogen) atoms. The minimum atomic E-state index is -1.03. The summed E-state index contributed by atoms with van der Waals surface area (Å²) in [5, 5.41) is 2.52. The van der Waals surface area contributed by atoms with Gasteiger partial charge in [-0.2, -0.15) is 0 Å². The maximum Gasteiger partial charge on any atom is 0.322 e. The van der Waals surface area contributed by atoms with Crippen molar-refractivity contribution in [2.45, 2.75) is 39.0 Å². The van der Waals surface area contributed by atoms with Crippen LogP contribution in [0.25, 0.3) is 5.57 Å². The molecule has 2 atom stereocenters. The summed E-state index contributed by atoms with van der Waals surface area (Å²) in [6.07, 6.45) is 2.66. The van der Waals surface area contributed by atoms with Crippen LogP contribution in [0, 0.1) is 23.4 Å². The van der Waals surface area contributed by atoms with Gasteiger partial charge in [0.1, 0.15) is 6.54 Å². The number of nitrogens with one attached hydrogen (secondary N) is 1. The Balaban J connectivity index is 1.32. The van der Waals surface area contributed by atoms with E-state index in [9.17, 15) is 22.8 Å². The van der Waals surface area contributed by atoms with Crippen molar-refractivity contribution in [3.63, 3.8) is 0 Å². The Morgan fingerprint density at radius 1 is 1.18 bits per heavy atom. The quantitative estimate of drug-likeness (QED) is 0.696. The number of halogens is 3. The SMILES string of the molecule is CC(C)Oc1cc(C2=C[C@@H]3C[C@H]2N(C(=O)CN2Cc4c(ccc(F)c4F)NC2=O)C3)ccc1F. The summed E-state index contributed by atoms with van der Waals surface area (Å²) in [5.41, 5.74) is 1.91. The lowest BCUT2D eigenvalue weighted by molar-refractivity contribution is -0.132. The number of hydrogen-bond donors (Lipinski definition) is 1. The van der Waals surface area contributed by atoms with E-state index in [2.05, 4.69) is 11.4 Å². The van der Waals surface area contributed by atoms with E-state index in [4.69, 9.17) is 4.74 Å². The molecule has 0 radical (unpaired) electrons. The molecule has 6 nitrogen and oxygen atoms in total.